The average molecular weight is 189 g/mol. The van der Waals surface area contributed by atoms with Gasteiger partial charge in [-0.2, -0.15) is 11.8 Å². The fourth-order valence-corrected chi connectivity index (χ4v) is 1.17. The Bertz CT molecular complexity index is 134. The van der Waals surface area contributed by atoms with Crippen molar-refractivity contribution < 1.29 is 0 Å². The predicted molar refractivity (Wildman–Crippen MR) is 57.8 cm³/mol. The van der Waals surface area contributed by atoms with Crippen LogP contribution in [0.2, 0.25) is 0 Å². The Morgan fingerprint density at radius 1 is 1.58 bits per heavy atom. The summed E-state index contributed by atoms with van der Waals surface area (Å²) < 4.78 is 0. The summed E-state index contributed by atoms with van der Waals surface area (Å²) in [5.41, 5.74) is 5.59. The van der Waals surface area contributed by atoms with Crippen molar-refractivity contribution in [3.63, 3.8) is 0 Å². The Kier molecular flexibility index (Phi) is 7.05. The van der Waals surface area contributed by atoms with Gasteiger partial charge in [-0.25, -0.2) is 0 Å². The Morgan fingerprint density at radius 2 is 2.25 bits per heavy atom. The molecule has 72 valence electrons. The molecule has 0 aliphatic rings. The van der Waals surface area contributed by atoms with E-state index in [1.54, 1.807) is 0 Å². The van der Waals surface area contributed by atoms with Crippen LogP contribution in [-0.4, -0.2) is 30.6 Å². The molecule has 0 amide bonds. The Hall–Kier alpha value is -0.380. The standard InChI is InChI=1S/C8H19N3S/c1-7(2)11-8(9)10-5-4-6-12-3/h7H,4-6H2,1-3H3,(H3,9,10,11). The molecule has 0 radical (unpaired) electrons. The molecule has 0 rings (SSSR count). The van der Waals surface area contributed by atoms with E-state index in [0.29, 0.717) is 12.0 Å². The predicted octanol–water partition coefficient (Wildman–Crippen LogP) is 1.05. The highest BCUT2D eigenvalue weighted by Crippen LogP contribution is 1.94. The number of nitrogens with two attached hydrogens (primary N) is 1. The van der Waals surface area contributed by atoms with E-state index in [9.17, 15) is 0 Å². The number of nitrogens with zero attached hydrogens (tertiary/aromatic N) is 1. The minimum Gasteiger partial charge on any atom is -0.370 e. The van der Waals surface area contributed by atoms with Crippen molar-refractivity contribution in [2.24, 2.45) is 10.7 Å². The van der Waals surface area contributed by atoms with Crippen molar-refractivity contribution in [2.75, 3.05) is 18.6 Å². The molecule has 4 heteroatoms. The lowest BCUT2D eigenvalue weighted by molar-refractivity contribution is 0.722. The van der Waals surface area contributed by atoms with Crippen LogP contribution in [0.1, 0.15) is 20.3 Å². The van der Waals surface area contributed by atoms with E-state index in [1.807, 2.05) is 25.6 Å². The van der Waals surface area contributed by atoms with Crippen LogP contribution in [0.5, 0.6) is 0 Å². The van der Waals surface area contributed by atoms with Crippen molar-refractivity contribution in [1.29, 1.82) is 0 Å². The fraction of sp³-hybridized carbons (Fsp3) is 0.875. The minimum atomic E-state index is 0.370. The summed E-state index contributed by atoms with van der Waals surface area (Å²) in [7, 11) is 0. The molecule has 0 fully saturated rings. The highest BCUT2D eigenvalue weighted by molar-refractivity contribution is 7.98. The molecule has 0 saturated carbocycles. The van der Waals surface area contributed by atoms with Gasteiger partial charge in [-0.1, -0.05) is 0 Å². The number of rotatable bonds is 5. The molecule has 12 heavy (non-hydrogen) atoms. The summed E-state index contributed by atoms with van der Waals surface area (Å²) >= 11 is 1.84. The van der Waals surface area contributed by atoms with Gasteiger partial charge < -0.3 is 11.1 Å². The zero-order valence-corrected chi connectivity index (χ0v) is 8.95. The summed E-state index contributed by atoms with van der Waals surface area (Å²) in [6.07, 6.45) is 3.20. The molecule has 0 heterocycles. The van der Waals surface area contributed by atoms with E-state index >= 15 is 0 Å². The first-order chi connectivity index (χ1) is 5.66. The molecule has 0 bridgehead atoms. The van der Waals surface area contributed by atoms with Gasteiger partial charge in [-0.15, -0.1) is 0 Å². The summed E-state index contributed by atoms with van der Waals surface area (Å²) in [5, 5.41) is 3.04. The molecule has 3 nitrogen and oxygen atoms in total. The van der Waals surface area contributed by atoms with Gasteiger partial charge in [0.15, 0.2) is 5.96 Å². The van der Waals surface area contributed by atoms with Crippen LogP contribution in [0.3, 0.4) is 0 Å². The van der Waals surface area contributed by atoms with E-state index < -0.39 is 0 Å². The largest absolute Gasteiger partial charge is 0.370 e. The van der Waals surface area contributed by atoms with Gasteiger partial charge in [0.1, 0.15) is 0 Å². The highest BCUT2D eigenvalue weighted by atomic mass is 32.2. The van der Waals surface area contributed by atoms with Crippen LogP contribution in [0.4, 0.5) is 0 Å². The van der Waals surface area contributed by atoms with Gasteiger partial charge in [-0.05, 0) is 32.3 Å². The van der Waals surface area contributed by atoms with Crippen LogP contribution < -0.4 is 11.1 Å². The third kappa shape index (κ3) is 7.72. The highest BCUT2D eigenvalue weighted by Gasteiger charge is 1.93. The Morgan fingerprint density at radius 3 is 2.75 bits per heavy atom. The minimum absolute atomic E-state index is 0.370. The van der Waals surface area contributed by atoms with Crippen LogP contribution in [-0.2, 0) is 0 Å². The van der Waals surface area contributed by atoms with Crippen LogP contribution in [0.25, 0.3) is 0 Å². The van der Waals surface area contributed by atoms with E-state index in [-0.39, 0.29) is 0 Å². The number of hydrogen-bond acceptors (Lipinski definition) is 2. The zero-order valence-electron chi connectivity index (χ0n) is 8.13. The van der Waals surface area contributed by atoms with Gasteiger partial charge in [0.05, 0.1) is 0 Å². The van der Waals surface area contributed by atoms with Gasteiger partial charge in [0.2, 0.25) is 0 Å². The SMILES string of the molecule is CSCCCN=C(N)NC(C)C. The second-order valence-corrected chi connectivity index (χ2v) is 3.90. The average Bonchev–Trinajstić information content (AvgIpc) is 1.97. The first kappa shape index (κ1) is 11.6. The quantitative estimate of drug-likeness (QED) is 0.386. The number of aliphatic imine (C=N–C) groups is 1. The molecular weight excluding hydrogens is 170 g/mol. The van der Waals surface area contributed by atoms with Gasteiger partial charge in [-0.3, -0.25) is 4.99 Å². The molecule has 0 aliphatic heterocycles. The van der Waals surface area contributed by atoms with E-state index in [4.69, 9.17) is 5.73 Å². The van der Waals surface area contributed by atoms with E-state index in [1.165, 1.54) is 0 Å². The lowest BCUT2D eigenvalue weighted by Gasteiger charge is -2.07. The number of hydrogen-bond donors (Lipinski definition) is 2. The van der Waals surface area contributed by atoms with Crippen molar-refractivity contribution in [1.82, 2.24) is 5.32 Å². The summed E-state index contributed by atoms with van der Waals surface area (Å²) in [6, 6.07) is 0.370. The zero-order chi connectivity index (χ0) is 9.40. The van der Waals surface area contributed by atoms with Crippen LogP contribution in [0, 0.1) is 0 Å². The maximum absolute atomic E-state index is 5.59. The fourth-order valence-electron chi connectivity index (χ4n) is 0.750. The summed E-state index contributed by atoms with van der Waals surface area (Å²) in [4.78, 5) is 4.17. The summed E-state index contributed by atoms with van der Waals surface area (Å²) in [5.74, 6) is 1.71. The molecule has 3 N–H and O–H groups in total. The lowest BCUT2D eigenvalue weighted by Crippen LogP contribution is -2.36. The van der Waals surface area contributed by atoms with Crippen molar-refractivity contribution in [3.05, 3.63) is 0 Å². The number of guanidine groups is 1. The molecule has 0 aliphatic carbocycles. The number of thioether (sulfide) groups is 1. The molecule has 0 saturated heterocycles. The third-order valence-electron chi connectivity index (χ3n) is 1.23. The second kappa shape index (κ2) is 7.28. The Labute approximate surface area is 79.2 Å². The van der Waals surface area contributed by atoms with E-state index in [0.717, 1.165) is 18.7 Å². The topological polar surface area (TPSA) is 50.4 Å². The van der Waals surface area contributed by atoms with Gasteiger partial charge in [0.25, 0.3) is 0 Å². The first-order valence-corrected chi connectivity index (χ1v) is 5.61. The summed E-state index contributed by atoms with van der Waals surface area (Å²) in [6.45, 7) is 4.92. The van der Waals surface area contributed by atoms with Gasteiger partial charge in [0, 0.05) is 12.6 Å². The molecule has 0 atom stereocenters. The normalized spacial score (nSPS) is 12.2. The molecule has 0 aromatic rings. The smallest absolute Gasteiger partial charge is 0.188 e. The molecule has 0 unspecified atom stereocenters. The van der Waals surface area contributed by atoms with Gasteiger partial charge >= 0.3 is 0 Å². The van der Waals surface area contributed by atoms with Crippen LogP contribution >= 0.6 is 11.8 Å². The number of nitrogens with one attached hydrogen (secondary N) is 1. The van der Waals surface area contributed by atoms with Crippen molar-refractivity contribution in [2.45, 2.75) is 26.3 Å². The third-order valence-corrected chi connectivity index (χ3v) is 1.92. The van der Waals surface area contributed by atoms with Crippen molar-refractivity contribution in [3.8, 4) is 0 Å². The first-order valence-electron chi connectivity index (χ1n) is 4.22. The molecule has 0 aromatic heterocycles. The maximum Gasteiger partial charge on any atom is 0.188 e. The molecular formula is C8H19N3S. The molecule has 0 spiro atoms. The van der Waals surface area contributed by atoms with Crippen molar-refractivity contribution >= 4 is 17.7 Å². The Balaban J connectivity index is 3.41. The van der Waals surface area contributed by atoms with E-state index in [2.05, 4.69) is 16.6 Å². The van der Waals surface area contributed by atoms with Crippen LogP contribution in [0.15, 0.2) is 4.99 Å². The molecule has 0 aromatic carbocycles. The second-order valence-electron chi connectivity index (χ2n) is 2.91. The lowest BCUT2D eigenvalue weighted by atomic mass is 10.4. The monoisotopic (exact) mass is 189 g/mol. The maximum atomic E-state index is 5.59.